The Morgan fingerprint density at radius 1 is 1.29 bits per heavy atom. The lowest BCUT2D eigenvalue weighted by atomic mass is 10.1. The van der Waals surface area contributed by atoms with Crippen LogP contribution in [0.4, 0.5) is 0 Å². The minimum Gasteiger partial charge on any atom is -0.419 e. The van der Waals surface area contributed by atoms with Gasteiger partial charge in [0.15, 0.2) is 5.57 Å². The first-order valence-electron chi connectivity index (χ1n) is 5.34. The van der Waals surface area contributed by atoms with Gasteiger partial charge in [0.05, 0.1) is 12.3 Å². The Morgan fingerprint density at radius 2 is 1.82 bits per heavy atom. The molecule has 1 aliphatic rings. The summed E-state index contributed by atoms with van der Waals surface area (Å²) in [5.74, 6) is -2.61. The molecule has 1 aliphatic heterocycles. The van der Waals surface area contributed by atoms with Gasteiger partial charge in [0.25, 0.3) is 5.79 Å². The van der Waals surface area contributed by atoms with Crippen LogP contribution in [0.15, 0.2) is 11.3 Å². The lowest BCUT2D eigenvalue weighted by Crippen LogP contribution is -2.43. The number of rotatable bonds is 4. The number of methoxy groups -OCH3 is 1. The Kier molecular flexibility index (Phi) is 4.11. The molecule has 1 heterocycles. The van der Waals surface area contributed by atoms with Crippen molar-refractivity contribution in [3.63, 3.8) is 0 Å². The van der Waals surface area contributed by atoms with Gasteiger partial charge < -0.3 is 19.5 Å². The van der Waals surface area contributed by atoms with Crippen LogP contribution in [-0.2, 0) is 23.8 Å². The molecular formula is C11H17NO5. The average molecular weight is 243 g/mol. The van der Waals surface area contributed by atoms with Crippen molar-refractivity contribution in [2.24, 2.45) is 0 Å². The van der Waals surface area contributed by atoms with Crippen molar-refractivity contribution in [3.05, 3.63) is 11.3 Å². The quantitative estimate of drug-likeness (QED) is 0.436. The van der Waals surface area contributed by atoms with Crippen LogP contribution < -0.4 is 5.32 Å². The van der Waals surface area contributed by atoms with E-state index in [1.807, 2.05) is 6.92 Å². The van der Waals surface area contributed by atoms with Crippen molar-refractivity contribution in [2.75, 3.05) is 20.3 Å². The third kappa shape index (κ3) is 3.20. The summed E-state index contributed by atoms with van der Waals surface area (Å²) < 4.78 is 14.9. The van der Waals surface area contributed by atoms with E-state index in [9.17, 15) is 9.59 Å². The number of likely N-dealkylation sites (N-methyl/N-ethyl adjacent to an activating group) is 1. The molecule has 6 heteroatoms. The van der Waals surface area contributed by atoms with Crippen LogP contribution in [0.1, 0.15) is 20.8 Å². The zero-order valence-electron chi connectivity index (χ0n) is 10.5. The summed E-state index contributed by atoms with van der Waals surface area (Å²) in [7, 11) is 1.47. The predicted octanol–water partition coefficient (Wildman–Crippen LogP) is 0.332. The van der Waals surface area contributed by atoms with E-state index in [0.717, 1.165) is 0 Å². The number of hydrogen-bond acceptors (Lipinski definition) is 6. The van der Waals surface area contributed by atoms with E-state index >= 15 is 0 Å². The first-order chi connectivity index (χ1) is 7.91. The minimum atomic E-state index is -1.22. The highest BCUT2D eigenvalue weighted by Crippen LogP contribution is 2.24. The molecule has 6 nitrogen and oxygen atoms in total. The van der Waals surface area contributed by atoms with Gasteiger partial charge in [-0.25, -0.2) is 9.59 Å². The second-order valence-electron chi connectivity index (χ2n) is 4.00. The van der Waals surface area contributed by atoms with Crippen molar-refractivity contribution in [1.82, 2.24) is 5.32 Å². The molecule has 17 heavy (non-hydrogen) atoms. The molecule has 0 aromatic rings. The lowest BCUT2D eigenvalue weighted by Gasteiger charge is -2.30. The maximum Gasteiger partial charge on any atom is 0.350 e. The fourth-order valence-electron chi connectivity index (χ4n) is 1.47. The second kappa shape index (κ2) is 5.18. The summed E-state index contributed by atoms with van der Waals surface area (Å²) in [4.78, 5) is 23.5. The highest BCUT2D eigenvalue weighted by atomic mass is 16.7. The van der Waals surface area contributed by atoms with E-state index in [1.165, 1.54) is 21.0 Å². The van der Waals surface area contributed by atoms with Gasteiger partial charge in [0, 0.05) is 27.5 Å². The summed E-state index contributed by atoms with van der Waals surface area (Å²) in [5, 5.41) is 2.89. The van der Waals surface area contributed by atoms with Gasteiger partial charge in [0.1, 0.15) is 0 Å². The van der Waals surface area contributed by atoms with Crippen LogP contribution >= 0.6 is 0 Å². The Labute approximate surface area is 99.9 Å². The summed E-state index contributed by atoms with van der Waals surface area (Å²) in [6, 6.07) is 0. The van der Waals surface area contributed by atoms with Crippen molar-refractivity contribution >= 4 is 11.9 Å². The topological polar surface area (TPSA) is 73.9 Å². The van der Waals surface area contributed by atoms with Crippen LogP contribution in [0.25, 0.3) is 0 Å². The summed E-state index contributed by atoms with van der Waals surface area (Å²) in [6.45, 7) is 5.53. The highest BCUT2D eigenvalue weighted by Gasteiger charge is 2.40. The van der Waals surface area contributed by atoms with Gasteiger partial charge in [-0.3, -0.25) is 0 Å². The Morgan fingerprint density at radius 3 is 2.24 bits per heavy atom. The fourth-order valence-corrected chi connectivity index (χ4v) is 1.47. The highest BCUT2D eigenvalue weighted by molar-refractivity contribution is 6.16. The molecule has 1 N–H and O–H groups in total. The third-order valence-corrected chi connectivity index (χ3v) is 2.07. The normalized spacial score (nSPS) is 18.5. The van der Waals surface area contributed by atoms with Crippen LogP contribution in [0.2, 0.25) is 0 Å². The molecule has 0 bridgehead atoms. The molecule has 0 aromatic carbocycles. The fraction of sp³-hybridized carbons (Fsp3) is 0.636. The van der Waals surface area contributed by atoms with Crippen LogP contribution in [0, 0.1) is 0 Å². The molecule has 0 atom stereocenters. The molecule has 1 fully saturated rings. The monoisotopic (exact) mass is 243 g/mol. The van der Waals surface area contributed by atoms with E-state index in [0.29, 0.717) is 12.2 Å². The summed E-state index contributed by atoms with van der Waals surface area (Å²) in [5.41, 5.74) is 0.244. The number of carbonyl (C=O) groups excluding carboxylic acids is 2. The van der Waals surface area contributed by atoms with Gasteiger partial charge in [-0.2, -0.15) is 0 Å². The van der Waals surface area contributed by atoms with Gasteiger partial charge in [-0.05, 0) is 6.92 Å². The molecule has 0 spiro atoms. The maximum atomic E-state index is 11.7. The number of ether oxygens (including phenoxy) is 3. The number of nitrogens with one attached hydrogen (secondary N) is 1. The van der Waals surface area contributed by atoms with Gasteiger partial charge in [-0.1, -0.05) is 0 Å². The molecule has 1 saturated heterocycles. The van der Waals surface area contributed by atoms with Crippen molar-refractivity contribution in [2.45, 2.75) is 26.6 Å². The minimum absolute atomic E-state index is 0.119. The van der Waals surface area contributed by atoms with E-state index < -0.39 is 17.7 Å². The first-order valence-corrected chi connectivity index (χ1v) is 5.34. The third-order valence-electron chi connectivity index (χ3n) is 2.07. The zero-order chi connectivity index (χ0) is 13.1. The molecule has 0 aliphatic carbocycles. The predicted molar refractivity (Wildman–Crippen MR) is 58.8 cm³/mol. The second-order valence-corrected chi connectivity index (χ2v) is 4.00. The smallest absolute Gasteiger partial charge is 0.350 e. The van der Waals surface area contributed by atoms with Crippen LogP contribution in [-0.4, -0.2) is 38.0 Å². The molecule has 0 saturated carbocycles. The molecule has 1 rings (SSSR count). The Bertz CT molecular complexity index is 329. The summed E-state index contributed by atoms with van der Waals surface area (Å²) in [6.07, 6.45) is 0. The van der Waals surface area contributed by atoms with Gasteiger partial charge in [0.2, 0.25) is 0 Å². The van der Waals surface area contributed by atoms with Crippen LogP contribution in [0.3, 0.4) is 0 Å². The zero-order valence-corrected chi connectivity index (χ0v) is 10.5. The largest absolute Gasteiger partial charge is 0.419 e. The van der Waals surface area contributed by atoms with Crippen molar-refractivity contribution in [3.8, 4) is 0 Å². The van der Waals surface area contributed by atoms with E-state index in [1.54, 1.807) is 0 Å². The lowest BCUT2D eigenvalue weighted by molar-refractivity contribution is -0.222. The Balaban J connectivity index is 3.05. The maximum absolute atomic E-state index is 11.7. The van der Waals surface area contributed by atoms with Crippen molar-refractivity contribution < 1.29 is 23.8 Å². The summed E-state index contributed by atoms with van der Waals surface area (Å²) >= 11 is 0. The Hall–Kier alpha value is -1.56. The molecular weight excluding hydrogens is 226 g/mol. The van der Waals surface area contributed by atoms with E-state index in [2.05, 4.69) is 5.32 Å². The number of hydrogen-bond donors (Lipinski definition) is 1. The molecule has 96 valence electrons. The molecule has 0 unspecified atom stereocenters. The van der Waals surface area contributed by atoms with Crippen molar-refractivity contribution in [1.29, 1.82) is 0 Å². The average Bonchev–Trinajstić information content (AvgIpc) is 2.14. The molecule has 0 aromatic heterocycles. The number of cyclic esters (lactones) is 2. The molecule has 0 amide bonds. The molecule has 0 radical (unpaired) electrons. The van der Waals surface area contributed by atoms with Gasteiger partial charge >= 0.3 is 11.9 Å². The standard InChI is InChI=1S/C11H17NO5/c1-5-12-7(6-15-4)8-9(13)16-11(2,3)17-10(8)14/h12H,5-6H2,1-4H3. The number of carbonyl (C=O) groups is 2. The van der Waals surface area contributed by atoms with Crippen LogP contribution in [0.5, 0.6) is 0 Å². The van der Waals surface area contributed by atoms with Gasteiger partial charge in [-0.15, -0.1) is 0 Å². The number of esters is 2. The first kappa shape index (κ1) is 13.5. The van der Waals surface area contributed by atoms with E-state index in [4.69, 9.17) is 14.2 Å². The van der Waals surface area contributed by atoms with E-state index in [-0.39, 0.29) is 12.2 Å². The SMILES string of the molecule is CCNC(COC)=C1C(=O)OC(C)(C)OC1=O.